The molecule has 2 heterocycles. The van der Waals surface area contributed by atoms with Gasteiger partial charge in [0.15, 0.2) is 6.61 Å². The fourth-order valence-electron chi connectivity index (χ4n) is 1.80. The maximum Gasteiger partial charge on any atom is 0.240 e. The first-order valence-electron chi connectivity index (χ1n) is 6.89. The Balaban J connectivity index is 1.58. The van der Waals surface area contributed by atoms with Gasteiger partial charge >= 0.3 is 0 Å². The third-order valence-electron chi connectivity index (χ3n) is 2.88. The van der Waals surface area contributed by atoms with E-state index in [1.54, 1.807) is 18.0 Å². The van der Waals surface area contributed by atoms with Crippen LogP contribution in [0.5, 0.6) is 5.75 Å². The molecule has 0 unspecified atom stereocenters. The minimum Gasteiger partial charge on any atom is -0.485 e. The van der Waals surface area contributed by atoms with Crippen LogP contribution in [0.25, 0.3) is 0 Å². The molecule has 0 bridgehead atoms. The van der Waals surface area contributed by atoms with Crippen molar-refractivity contribution in [1.82, 2.24) is 15.1 Å². The van der Waals surface area contributed by atoms with Gasteiger partial charge in [0, 0.05) is 6.20 Å². The Bertz CT molecular complexity index is 704. The molecular formula is C16H15N3O2S. The van der Waals surface area contributed by atoms with Gasteiger partial charge in [-0.05, 0) is 31.2 Å². The molecule has 0 spiro atoms. The Morgan fingerprint density at radius 1 is 1.14 bits per heavy atom. The highest BCUT2D eigenvalue weighted by atomic mass is 32.2. The van der Waals surface area contributed by atoms with E-state index in [9.17, 15) is 0 Å². The molecule has 5 nitrogen and oxygen atoms in total. The van der Waals surface area contributed by atoms with Crippen molar-refractivity contribution in [3.05, 3.63) is 66.4 Å². The zero-order valence-electron chi connectivity index (χ0n) is 12.0. The van der Waals surface area contributed by atoms with E-state index in [0.29, 0.717) is 11.7 Å². The minimum atomic E-state index is 0.0351. The van der Waals surface area contributed by atoms with Crippen molar-refractivity contribution in [3.8, 4) is 5.75 Å². The second kappa shape index (κ2) is 7.09. The number of rotatable bonds is 6. The second-order valence-electron chi connectivity index (χ2n) is 4.58. The van der Waals surface area contributed by atoms with Gasteiger partial charge in [0.2, 0.25) is 11.7 Å². The molecule has 3 aromatic rings. The summed E-state index contributed by atoms with van der Waals surface area (Å²) >= 11 is 1.58. The highest BCUT2D eigenvalue weighted by molar-refractivity contribution is 7.99. The van der Waals surface area contributed by atoms with Crippen molar-refractivity contribution in [2.75, 3.05) is 0 Å². The second-order valence-corrected chi connectivity index (χ2v) is 5.94. The number of nitrogens with zero attached hydrogens (tertiary/aromatic N) is 3. The highest BCUT2D eigenvalue weighted by Gasteiger charge is 2.16. The van der Waals surface area contributed by atoms with Crippen LogP contribution in [0.2, 0.25) is 0 Å². The van der Waals surface area contributed by atoms with Crippen molar-refractivity contribution in [1.29, 1.82) is 0 Å². The molecule has 1 atom stereocenters. The number of ether oxygens (including phenoxy) is 1. The van der Waals surface area contributed by atoms with Crippen molar-refractivity contribution < 1.29 is 9.26 Å². The number of aromatic nitrogens is 3. The van der Waals surface area contributed by atoms with Gasteiger partial charge < -0.3 is 9.26 Å². The molecule has 1 aromatic carbocycles. The normalized spacial score (nSPS) is 12.0. The summed E-state index contributed by atoms with van der Waals surface area (Å²) in [5, 5.41) is 4.91. The van der Waals surface area contributed by atoms with E-state index in [4.69, 9.17) is 9.26 Å². The molecular weight excluding hydrogens is 298 g/mol. The van der Waals surface area contributed by atoms with E-state index in [0.717, 1.165) is 10.8 Å². The van der Waals surface area contributed by atoms with Crippen LogP contribution in [0.15, 0.2) is 64.3 Å². The van der Waals surface area contributed by atoms with E-state index in [1.807, 2.05) is 55.5 Å². The van der Waals surface area contributed by atoms with E-state index >= 15 is 0 Å². The van der Waals surface area contributed by atoms with Gasteiger partial charge in [0.25, 0.3) is 0 Å². The number of para-hydroxylation sites is 1. The SMILES string of the molecule is C[C@@H](Sc1ccccn1)c1nc(COc2ccccc2)no1. The van der Waals surface area contributed by atoms with Crippen LogP contribution in [0.4, 0.5) is 0 Å². The molecule has 3 rings (SSSR count). The first-order valence-corrected chi connectivity index (χ1v) is 7.77. The number of thioether (sulfide) groups is 1. The predicted octanol–water partition coefficient (Wildman–Crippen LogP) is 3.90. The van der Waals surface area contributed by atoms with Gasteiger partial charge in [-0.25, -0.2) is 4.98 Å². The van der Waals surface area contributed by atoms with Gasteiger partial charge in [0.1, 0.15) is 5.75 Å². The molecule has 2 aromatic heterocycles. The van der Waals surface area contributed by atoms with Crippen molar-refractivity contribution in [3.63, 3.8) is 0 Å². The van der Waals surface area contributed by atoms with Gasteiger partial charge in [-0.15, -0.1) is 0 Å². The molecule has 6 heteroatoms. The summed E-state index contributed by atoms with van der Waals surface area (Å²) in [5.41, 5.74) is 0. The van der Waals surface area contributed by atoms with Crippen LogP contribution in [0, 0.1) is 0 Å². The molecule has 0 fully saturated rings. The van der Waals surface area contributed by atoms with Gasteiger partial charge in [-0.2, -0.15) is 4.98 Å². The van der Waals surface area contributed by atoms with Gasteiger partial charge in [0.05, 0.1) is 10.3 Å². The first kappa shape index (κ1) is 14.6. The third kappa shape index (κ3) is 3.85. The van der Waals surface area contributed by atoms with Crippen LogP contribution >= 0.6 is 11.8 Å². The van der Waals surface area contributed by atoms with E-state index in [2.05, 4.69) is 15.1 Å². The molecule has 0 aliphatic carbocycles. The lowest BCUT2D eigenvalue weighted by Crippen LogP contribution is -1.98. The average Bonchev–Trinajstić information content (AvgIpc) is 3.04. The summed E-state index contributed by atoms with van der Waals surface area (Å²) in [6.07, 6.45) is 1.77. The molecule has 112 valence electrons. The lowest BCUT2D eigenvalue weighted by Gasteiger charge is -2.04. The lowest BCUT2D eigenvalue weighted by atomic mass is 10.3. The van der Waals surface area contributed by atoms with Crippen molar-refractivity contribution in [2.45, 2.75) is 23.8 Å². The number of hydrogen-bond donors (Lipinski definition) is 0. The number of pyridine rings is 1. The zero-order chi connectivity index (χ0) is 15.2. The van der Waals surface area contributed by atoms with Crippen LogP contribution in [0.3, 0.4) is 0 Å². The number of hydrogen-bond acceptors (Lipinski definition) is 6. The summed E-state index contributed by atoms with van der Waals surface area (Å²) < 4.78 is 10.9. The topological polar surface area (TPSA) is 61.0 Å². The van der Waals surface area contributed by atoms with E-state index in [-0.39, 0.29) is 11.9 Å². The monoisotopic (exact) mass is 313 g/mol. The maximum atomic E-state index is 5.60. The Labute approximate surface area is 132 Å². The Morgan fingerprint density at radius 3 is 2.73 bits per heavy atom. The molecule has 0 saturated heterocycles. The Kier molecular flexibility index (Phi) is 4.70. The van der Waals surface area contributed by atoms with Crippen molar-refractivity contribution in [2.24, 2.45) is 0 Å². The smallest absolute Gasteiger partial charge is 0.240 e. The Morgan fingerprint density at radius 2 is 1.95 bits per heavy atom. The molecule has 0 amide bonds. The summed E-state index contributed by atoms with van der Waals surface area (Å²) in [6, 6.07) is 15.4. The lowest BCUT2D eigenvalue weighted by molar-refractivity contribution is 0.285. The maximum absolute atomic E-state index is 5.60. The average molecular weight is 313 g/mol. The first-order chi connectivity index (χ1) is 10.8. The quantitative estimate of drug-likeness (QED) is 0.643. The van der Waals surface area contributed by atoms with Crippen LogP contribution in [-0.2, 0) is 6.61 Å². The Hall–Kier alpha value is -2.34. The van der Waals surface area contributed by atoms with Crippen molar-refractivity contribution >= 4 is 11.8 Å². The summed E-state index contributed by atoms with van der Waals surface area (Å²) in [5.74, 6) is 1.89. The minimum absolute atomic E-state index is 0.0351. The molecule has 0 aliphatic rings. The summed E-state index contributed by atoms with van der Waals surface area (Å²) in [6.45, 7) is 2.29. The largest absolute Gasteiger partial charge is 0.485 e. The van der Waals surface area contributed by atoms with Gasteiger partial charge in [-0.1, -0.05) is 41.2 Å². The highest BCUT2D eigenvalue weighted by Crippen LogP contribution is 2.32. The standard InChI is InChI=1S/C16H15N3O2S/c1-12(22-15-9-5-6-10-17-15)16-18-14(19-21-16)11-20-13-7-3-2-4-8-13/h2-10,12H,11H2,1H3/t12-/m1/s1. The molecule has 0 saturated carbocycles. The van der Waals surface area contributed by atoms with Gasteiger partial charge in [-0.3, -0.25) is 0 Å². The molecule has 0 radical (unpaired) electrons. The molecule has 22 heavy (non-hydrogen) atoms. The number of benzene rings is 1. The molecule has 0 N–H and O–H groups in total. The molecule has 0 aliphatic heterocycles. The summed E-state index contributed by atoms with van der Waals surface area (Å²) in [4.78, 5) is 8.65. The zero-order valence-corrected chi connectivity index (χ0v) is 12.9. The fourth-order valence-corrected chi connectivity index (χ4v) is 2.64. The fraction of sp³-hybridized carbons (Fsp3) is 0.188. The van der Waals surface area contributed by atoms with E-state index in [1.165, 1.54) is 0 Å². The van der Waals surface area contributed by atoms with Crippen LogP contribution in [-0.4, -0.2) is 15.1 Å². The van der Waals surface area contributed by atoms with E-state index < -0.39 is 0 Å². The van der Waals surface area contributed by atoms with Crippen LogP contribution < -0.4 is 4.74 Å². The third-order valence-corrected chi connectivity index (χ3v) is 3.92. The van der Waals surface area contributed by atoms with Crippen LogP contribution in [0.1, 0.15) is 23.9 Å². The predicted molar refractivity (Wildman–Crippen MR) is 83.6 cm³/mol. The summed E-state index contributed by atoms with van der Waals surface area (Å²) in [7, 11) is 0.